The Morgan fingerprint density at radius 1 is 1.17 bits per heavy atom. The molecule has 156 valence electrons. The molecule has 1 N–H and O–H groups in total. The fraction of sp³-hybridized carbons (Fsp3) is 0.391. The topological polar surface area (TPSA) is 48.5 Å². The molecule has 30 heavy (non-hydrogen) atoms. The second kappa shape index (κ2) is 7.96. The minimum atomic E-state index is -0.207. The number of amides is 1. The smallest absolute Gasteiger partial charge is 0.224 e. The van der Waals surface area contributed by atoms with Gasteiger partial charge in [0.2, 0.25) is 5.91 Å². The van der Waals surface area contributed by atoms with Crippen molar-refractivity contribution in [3.63, 3.8) is 0 Å². The number of rotatable bonds is 4. The Balaban J connectivity index is 1.19. The van der Waals surface area contributed by atoms with Crippen LogP contribution in [0, 0.1) is 5.82 Å². The molecule has 1 unspecified atom stereocenters. The standard InChI is InChI=1S/C23H25FN4OS/c1-15-12-22(29)25-20-4-2-16(13-18(15)20)6-7-27-8-10-28(11-9-27)23-19-14-17(24)3-5-21(19)30-26-23/h2-5,13-15H,6-12H2,1H3,(H,25,29). The van der Waals surface area contributed by atoms with Crippen molar-refractivity contribution < 1.29 is 9.18 Å². The van der Waals surface area contributed by atoms with Gasteiger partial charge in [0, 0.05) is 50.2 Å². The normalized spacial score (nSPS) is 19.7. The quantitative estimate of drug-likeness (QED) is 0.680. The SMILES string of the molecule is CC1CC(=O)Nc2ccc(CCN3CCN(c4nsc5ccc(F)cc45)CC3)cc21. The summed E-state index contributed by atoms with van der Waals surface area (Å²) in [5, 5.41) is 3.89. The van der Waals surface area contributed by atoms with Crippen LogP contribution in [-0.2, 0) is 11.2 Å². The minimum absolute atomic E-state index is 0.108. The molecule has 0 spiro atoms. The van der Waals surface area contributed by atoms with Crippen LogP contribution in [0.5, 0.6) is 0 Å². The van der Waals surface area contributed by atoms with E-state index in [-0.39, 0.29) is 17.6 Å². The molecule has 1 saturated heterocycles. The molecule has 0 bridgehead atoms. The second-order valence-electron chi connectivity index (χ2n) is 8.30. The molecular weight excluding hydrogens is 399 g/mol. The van der Waals surface area contributed by atoms with Gasteiger partial charge in [-0.3, -0.25) is 9.69 Å². The minimum Gasteiger partial charge on any atom is -0.353 e. The van der Waals surface area contributed by atoms with Crippen molar-refractivity contribution >= 4 is 39.0 Å². The number of hydrogen-bond acceptors (Lipinski definition) is 5. The van der Waals surface area contributed by atoms with Crippen molar-refractivity contribution in [1.82, 2.24) is 9.27 Å². The molecular formula is C23H25FN4OS. The van der Waals surface area contributed by atoms with E-state index in [1.807, 2.05) is 12.1 Å². The third kappa shape index (κ3) is 3.79. The summed E-state index contributed by atoms with van der Waals surface area (Å²) in [5.41, 5.74) is 3.53. The highest BCUT2D eigenvalue weighted by Gasteiger charge is 2.23. The Morgan fingerprint density at radius 3 is 2.83 bits per heavy atom. The largest absolute Gasteiger partial charge is 0.353 e. The second-order valence-corrected chi connectivity index (χ2v) is 9.11. The Kier molecular flexibility index (Phi) is 5.16. The summed E-state index contributed by atoms with van der Waals surface area (Å²) in [4.78, 5) is 16.5. The van der Waals surface area contributed by atoms with Gasteiger partial charge in [0.05, 0.1) is 4.70 Å². The van der Waals surface area contributed by atoms with E-state index in [0.717, 1.165) is 60.7 Å². The number of fused-ring (bicyclic) bond motifs is 2. The fourth-order valence-electron chi connectivity index (χ4n) is 4.48. The van der Waals surface area contributed by atoms with Crippen molar-refractivity contribution in [1.29, 1.82) is 0 Å². The Hall–Kier alpha value is -2.51. The lowest BCUT2D eigenvalue weighted by molar-refractivity contribution is -0.116. The van der Waals surface area contributed by atoms with Crippen LogP contribution in [0.15, 0.2) is 36.4 Å². The molecule has 0 aliphatic carbocycles. The Morgan fingerprint density at radius 2 is 2.00 bits per heavy atom. The lowest BCUT2D eigenvalue weighted by atomic mass is 9.90. The number of piperazine rings is 1. The van der Waals surface area contributed by atoms with E-state index in [2.05, 4.69) is 38.5 Å². The summed E-state index contributed by atoms with van der Waals surface area (Å²) in [6.45, 7) is 6.90. The van der Waals surface area contributed by atoms with Gasteiger partial charge in [0.25, 0.3) is 0 Å². The molecule has 2 aromatic carbocycles. The lowest BCUT2D eigenvalue weighted by Crippen LogP contribution is -2.47. The highest BCUT2D eigenvalue weighted by atomic mass is 32.1. The predicted molar refractivity (Wildman–Crippen MR) is 120 cm³/mol. The molecule has 1 aromatic heterocycles. The first-order valence-corrected chi connectivity index (χ1v) is 11.3. The van der Waals surface area contributed by atoms with Crippen LogP contribution < -0.4 is 10.2 Å². The zero-order valence-electron chi connectivity index (χ0n) is 17.0. The van der Waals surface area contributed by atoms with Crippen LogP contribution in [-0.4, -0.2) is 47.9 Å². The van der Waals surface area contributed by atoms with Crippen molar-refractivity contribution in [2.75, 3.05) is 42.9 Å². The molecule has 2 aliphatic rings. The monoisotopic (exact) mass is 424 g/mol. The van der Waals surface area contributed by atoms with Gasteiger partial charge < -0.3 is 10.2 Å². The van der Waals surface area contributed by atoms with Gasteiger partial charge in [-0.25, -0.2) is 4.39 Å². The Labute approximate surface area is 179 Å². The first kappa shape index (κ1) is 19.5. The van der Waals surface area contributed by atoms with Crippen molar-refractivity contribution in [3.05, 3.63) is 53.3 Å². The molecule has 0 radical (unpaired) electrons. The molecule has 5 rings (SSSR count). The molecule has 2 aliphatic heterocycles. The highest BCUT2D eigenvalue weighted by Crippen LogP contribution is 2.33. The number of aromatic nitrogens is 1. The van der Waals surface area contributed by atoms with Crippen LogP contribution >= 0.6 is 11.5 Å². The average Bonchev–Trinajstić information content (AvgIpc) is 3.16. The van der Waals surface area contributed by atoms with Crippen molar-refractivity contribution in [2.24, 2.45) is 0 Å². The van der Waals surface area contributed by atoms with E-state index in [9.17, 15) is 9.18 Å². The summed E-state index contributed by atoms with van der Waals surface area (Å²) in [6, 6.07) is 11.3. The molecule has 5 nitrogen and oxygen atoms in total. The number of benzene rings is 2. The van der Waals surface area contributed by atoms with Gasteiger partial charge in [-0.15, -0.1) is 0 Å². The number of halogens is 1. The number of nitrogens with zero attached hydrogens (tertiary/aromatic N) is 3. The van der Waals surface area contributed by atoms with Crippen LogP contribution in [0.4, 0.5) is 15.9 Å². The number of carbonyl (C=O) groups excluding carboxylic acids is 1. The molecule has 1 amide bonds. The number of anilines is 2. The van der Waals surface area contributed by atoms with Crippen LogP contribution in [0.1, 0.15) is 30.4 Å². The van der Waals surface area contributed by atoms with Gasteiger partial charge in [-0.2, -0.15) is 4.37 Å². The molecule has 1 atom stereocenters. The van der Waals surface area contributed by atoms with E-state index in [1.165, 1.54) is 28.7 Å². The summed E-state index contributed by atoms with van der Waals surface area (Å²) >= 11 is 1.44. The van der Waals surface area contributed by atoms with E-state index in [0.29, 0.717) is 6.42 Å². The summed E-state index contributed by atoms with van der Waals surface area (Å²) < 4.78 is 19.3. The van der Waals surface area contributed by atoms with Crippen molar-refractivity contribution in [3.8, 4) is 0 Å². The molecule has 0 saturated carbocycles. The first-order valence-electron chi connectivity index (χ1n) is 10.5. The van der Waals surface area contributed by atoms with Gasteiger partial charge in [-0.05, 0) is 59.3 Å². The average molecular weight is 425 g/mol. The maximum Gasteiger partial charge on any atom is 0.224 e. The molecule has 1 fully saturated rings. The van der Waals surface area contributed by atoms with Gasteiger partial charge >= 0.3 is 0 Å². The fourth-order valence-corrected chi connectivity index (χ4v) is 5.25. The zero-order valence-corrected chi connectivity index (χ0v) is 17.8. The van der Waals surface area contributed by atoms with E-state index < -0.39 is 0 Å². The molecule has 3 aromatic rings. The summed E-state index contributed by atoms with van der Waals surface area (Å²) in [5.74, 6) is 1.09. The molecule has 3 heterocycles. The highest BCUT2D eigenvalue weighted by molar-refractivity contribution is 7.13. The first-order chi connectivity index (χ1) is 14.6. The number of carbonyl (C=O) groups is 1. The van der Waals surface area contributed by atoms with E-state index >= 15 is 0 Å². The molecule has 7 heteroatoms. The van der Waals surface area contributed by atoms with Gasteiger partial charge in [0.15, 0.2) is 0 Å². The van der Waals surface area contributed by atoms with Crippen molar-refractivity contribution in [2.45, 2.75) is 25.7 Å². The third-order valence-corrected chi connectivity index (χ3v) is 7.03. The van der Waals surface area contributed by atoms with Crippen LogP contribution in [0.3, 0.4) is 0 Å². The van der Waals surface area contributed by atoms with E-state index in [4.69, 9.17) is 0 Å². The summed E-state index contributed by atoms with van der Waals surface area (Å²) in [6.07, 6.45) is 1.56. The predicted octanol–water partition coefficient (Wildman–Crippen LogP) is 4.25. The third-order valence-electron chi connectivity index (χ3n) is 6.21. The number of nitrogens with one attached hydrogen (secondary N) is 1. The Bertz CT molecular complexity index is 1090. The van der Waals surface area contributed by atoms with E-state index in [1.54, 1.807) is 6.07 Å². The van der Waals surface area contributed by atoms with Crippen LogP contribution in [0.2, 0.25) is 0 Å². The maximum atomic E-state index is 13.7. The number of hydrogen-bond donors (Lipinski definition) is 1. The van der Waals surface area contributed by atoms with Gasteiger partial charge in [0.1, 0.15) is 11.6 Å². The van der Waals surface area contributed by atoms with Gasteiger partial charge in [-0.1, -0.05) is 19.1 Å². The lowest BCUT2D eigenvalue weighted by Gasteiger charge is -2.35. The summed E-state index contributed by atoms with van der Waals surface area (Å²) in [7, 11) is 0. The zero-order chi connectivity index (χ0) is 20.7. The van der Waals surface area contributed by atoms with Crippen LogP contribution in [0.25, 0.3) is 10.1 Å². The maximum absolute atomic E-state index is 13.7.